The zero-order valence-electron chi connectivity index (χ0n) is 16.3. The van der Waals surface area contributed by atoms with E-state index in [0.717, 1.165) is 24.2 Å². The summed E-state index contributed by atoms with van der Waals surface area (Å²) in [5.41, 5.74) is 5.68. The van der Waals surface area contributed by atoms with Gasteiger partial charge in [0.25, 0.3) is 0 Å². The lowest BCUT2D eigenvalue weighted by Crippen LogP contribution is -2.17. The Morgan fingerprint density at radius 3 is 2.54 bits per heavy atom. The fourth-order valence-electron chi connectivity index (χ4n) is 3.73. The van der Waals surface area contributed by atoms with Gasteiger partial charge in [-0.25, -0.2) is 4.39 Å². The van der Waals surface area contributed by atoms with Gasteiger partial charge in [-0.2, -0.15) is 0 Å². The van der Waals surface area contributed by atoms with Crippen LogP contribution in [0, 0.1) is 5.82 Å². The van der Waals surface area contributed by atoms with Crippen LogP contribution in [0.3, 0.4) is 0 Å². The molecule has 4 aromatic rings. The van der Waals surface area contributed by atoms with Crippen molar-refractivity contribution in [2.24, 2.45) is 0 Å². The molecule has 1 N–H and O–H groups in total. The minimum atomic E-state index is -0.204. The summed E-state index contributed by atoms with van der Waals surface area (Å²) < 4.78 is 16.0. The van der Waals surface area contributed by atoms with Gasteiger partial charge < -0.3 is 9.88 Å². The van der Waals surface area contributed by atoms with Crippen LogP contribution in [0.2, 0.25) is 0 Å². The Hall–Kier alpha value is -2.91. The first kappa shape index (κ1) is 18.5. The summed E-state index contributed by atoms with van der Waals surface area (Å²) in [7, 11) is 0. The average molecular weight is 372 g/mol. The van der Waals surface area contributed by atoms with E-state index in [-0.39, 0.29) is 11.9 Å². The third kappa shape index (κ3) is 3.71. The molecule has 3 heteroatoms. The van der Waals surface area contributed by atoms with Gasteiger partial charge in [-0.1, -0.05) is 48.5 Å². The number of hydrogen-bond donors (Lipinski definition) is 1. The molecule has 1 heterocycles. The summed E-state index contributed by atoms with van der Waals surface area (Å²) in [6, 6.07) is 24.2. The summed E-state index contributed by atoms with van der Waals surface area (Å²) in [5.74, 6) is -0.204. The average Bonchev–Trinajstić information content (AvgIpc) is 3.10. The minimum absolute atomic E-state index is 0.204. The highest BCUT2D eigenvalue weighted by atomic mass is 19.1. The SMILES string of the molecule is CCn1cc(-c2cccc(F)c2)c2cc(CN[C@H](C)c3ccccc3)ccc21. The van der Waals surface area contributed by atoms with Gasteiger partial charge in [0, 0.05) is 41.8 Å². The molecule has 1 atom stereocenters. The number of aromatic nitrogens is 1. The monoisotopic (exact) mass is 372 g/mol. The highest BCUT2D eigenvalue weighted by Gasteiger charge is 2.12. The Morgan fingerprint density at radius 2 is 1.79 bits per heavy atom. The van der Waals surface area contributed by atoms with Crippen molar-refractivity contribution in [3.8, 4) is 11.1 Å². The summed E-state index contributed by atoms with van der Waals surface area (Å²) in [4.78, 5) is 0. The van der Waals surface area contributed by atoms with E-state index in [2.05, 4.69) is 72.4 Å². The first-order chi connectivity index (χ1) is 13.7. The number of aryl methyl sites for hydroxylation is 1. The van der Waals surface area contributed by atoms with E-state index in [1.807, 2.05) is 12.1 Å². The smallest absolute Gasteiger partial charge is 0.123 e. The quantitative estimate of drug-likeness (QED) is 0.419. The highest BCUT2D eigenvalue weighted by molar-refractivity contribution is 5.96. The molecule has 0 radical (unpaired) electrons. The Balaban J connectivity index is 1.65. The minimum Gasteiger partial charge on any atom is -0.347 e. The molecule has 0 bridgehead atoms. The summed E-state index contributed by atoms with van der Waals surface area (Å²) >= 11 is 0. The number of nitrogens with one attached hydrogen (secondary N) is 1. The fourth-order valence-corrected chi connectivity index (χ4v) is 3.73. The Morgan fingerprint density at radius 1 is 0.964 bits per heavy atom. The lowest BCUT2D eigenvalue weighted by atomic mass is 10.0. The fraction of sp³-hybridized carbons (Fsp3) is 0.200. The van der Waals surface area contributed by atoms with Gasteiger partial charge in [0.15, 0.2) is 0 Å². The molecule has 142 valence electrons. The van der Waals surface area contributed by atoms with E-state index in [4.69, 9.17) is 0 Å². The van der Waals surface area contributed by atoms with Crippen molar-refractivity contribution in [1.29, 1.82) is 0 Å². The van der Waals surface area contributed by atoms with Crippen molar-refractivity contribution in [1.82, 2.24) is 9.88 Å². The molecule has 4 rings (SSSR count). The van der Waals surface area contributed by atoms with Crippen LogP contribution >= 0.6 is 0 Å². The van der Waals surface area contributed by atoms with E-state index < -0.39 is 0 Å². The predicted molar refractivity (Wildman–Crippen MR) is 115 cm³/mol. The van der Waals surface area contributed by atoms with Crippen LogP contribution in [0.25, 0.3) is 22.0 Å². The largest absolute Gasteiger partial charge is 0.347 e. The van der Waals surface area contributed by atoms with E-state index in [1.165, 1.54) is 28.1 Å². The molecule has 3 aromatic carbocycles. The van der Waals surface area contributed by atoms with Crippen LogP contribution in [0.15, 0.2) is 79.0 Å². The van der Waals surface area contributed by atoms with E-state index >= 15 is 0 Å². The van der Waals surface area contributed by atoms with Crippen molar-refractivity contribution in [2.75, 3.05) is 0 Å². The van der Waals surface area contributed by atoms with Gasteiger partial charge >= 0.3 is 0 Å². The summed E-state index contributed by atoms with van der Waals surface area (Å²) in [6.07, 6.45) is 2.13. The molecular formula is C25H25FN2. The second-order valence-electron chi connectivity index (χ2n) is 7.20. The molecule has 0 aliphatic heterocycles. The van der Waals surface area contributed by atoms with Gasteiger partial charge in [0.2, 0.25) is 0 Å². The molecule has 28 heavy (non-hydrogen) atoms. The van der Waals surface area contributed by atoms with Crippen LogP contribution in [0.5, 0.6) is 0 Å². The maximum atomic E-state index is 13.8. The van der Waals surface area contributed by atoms with Crippen molar-refractivity contribution < 1.29 is 4.39 Å². The van der Waals surface area contributed by atoms with Crippen molar-refractivity contribution in [3.63, 3.8) is 0 Å². The van der Waals surface area contributed by atoms with Gasteiger partial charge in [-0.3, -0.25) is 0 Å². The third-order valence-corrected chi connectivity index (χ3v) is 5.33. The third-order valence-electron chi connectivity index (χ3n) is 5.33. The molecule has 0 spiro atoms. The normalized spacial score (nSPS) is 12.4. The number of rotatable bonds is 6. The molecule has 1 aromatic heterocycles. The molecule has 0 saturated heterocycles. The van der Waals surface area contributed by atoms with Crippen LogP contribution in [-0.4, -0.2) is 4.57 Å². The second kappa shape index (κ2) is 7.99. The number of benzene rings is 3. The first-order valence-corrected chi connectivity index (χ1v) is 9.81. The number of fused-ring (bicyclic) bond motifs is 1. The van der Waals surface area contributed by atoms with Crippen molar-refractivity contribution in [2.45, 2.75) is 33.0 Å². The number of halogens is 1. The maximum absolute atomic E-state index is 13.8. The van der Waals surface area contributed by atoms with Gasteiger partial charge in [0.1, 0.15) is 5.82 Å². The van der Waals surface area contributed by atoms with E-state index in [0.29, 0.717) is 0 Å². The molecule has 2 nitrogen and oxygen atoms in total. The molecule has 0 amide bonds. The lowest BCUT2D eigenvalue weighted by Gasteiger charge is -2.14. The van der Waals surface area contributed by atoms with Crippen LogP contribution in [0.1, 0.15) is 31.0 Å². The van der Waals surface area contributed by atoms with Crippen LogP contribution in [0.4, 0.5) is 4.39 Å². The summed E-state index contributed by atoms with van der Waals surface area (Å²) in [5, 5.41) is 4.77. The Bertz CT molecular complexity index is 1080. The van der Waals surface area contributed by atoms with E-state index in [9.17, 15) is 4.39 Å². The summed E-state index contributed by atoms with van der Waals surface area (Å²) in [6.45, 7) is 5.98. The lowest BCUT2D eigenvalue weighted by molar-refractivity contribution is 0.575. The molecular weight excluding hydrogens is 347 g/mol. The predicted octanol–water partition coefficient (Wildman–Crippen LogP) is 6.32. The number of hydrogen-bond acceptors (Lipinski definition) is 1. The molecule has 0 aliphatic rings. The van der Waals surface area contributed by atoms with Crippen LogP contribution < -0.4 is 5.32 Å². The number of nitrogens with zero attached hydrogens (tertiary/aromatic N) is 1. The zero-order chi connectivity index (χ0) is 19.5. The van der Waals surface area contributed by atoms with Gasteiger partial charge in [0.05, 0.1) is 0 Å². The second-order valence-corrected chi connectivity index (χ2v) is 7.20. The highest BCUT2D eigenvalue weighted by Crippen LogP contribution is 2.32. The Kier molecular flexibility index (Phi) is 5.27. The van der Waals surface area contributed by atoms with E-state index in [1.54, 1.807) is 12.1 Å². The molecule has 0 fully saturated rings. The van der Waals surface area contributed by atoms with Crippen molar-refractivity contribution in [3.05, 3.63) is 95.9 Å². The standard InChI is InChI=1S/C25H25FN2/c1-3-28-17-24(21-10-7-11-22(26)15-21)23-14-19(12-13-25(23)28)16-27-18(2)20-8-5-4-6-9-20/h4-15,17-18,27H,3,16H2,1-2H3/t18-/m1/s1. The van der Waals surface area contributed by atoms with Crippen LogP contribution in [-0.2, 0) is 13.1 Å². The molecule has 0 aliphatic carbocycles. The van der Waals surface area contributed by atoms with Crippen molar-refractivity contribution >= 4 is 10.9 Å². The topological polar surface area (TPSA) is 17.0 Å². The molecule has 0 saturated carbocycles. The first-order valence-electron chi connectivity index (χ1n) is 9.81. The Labute approximate surface area is 165 Å². The van der Waals surface area contributed by atoms with Gasteiger partial charge in [-0.05, 0) is 54.8 Å². The maximum Gasteiger partial charge on any atom is 0.123 e. The zero-order valence-corrected chi connectivity index (χ0v) is 16.3. The van der Waals surface area contributed by atoms with Gasteiger partial charge in [-0.15, -0.1) is 0 Å². The molecule has 0 unspecified atom stereocenters.